The van der Waals surface area contributed by atoms with Gasteiger partial charge >= 0.3 is 5.97 Å². The first-order valence-corrected chi connectivity index (χ1v) is 8.65. The number of nitrogens with zero attached hydrogens (tertiary/aromatic N) is 2. The zero-order valence-corrected chi connectivity index (χ0v) is 14.5. The number of hydrogen-bond donors (Lipinski definition) is 1. The lowest BCUT2D eigenvalue weighted by Gasteiger charge is -2.35. The molecule has 0 bridgehead atoms. The van der Waals surface area contributed by atoms with Crippen LogP contribution in [0, 0.1) is 5.92 Å². The van der Waals surface area contributed by atoms with Crippen LogP contribution in [0.2, 0.25) is 0 Å². The maximum absolute atomic E-state index is 11.6. The van der Waals surface area contributed by atoms with Crippen LogP contribution in [-0.2, 0) is 4.74 Å². The number of rotatable bonds is 7. The molecule has 23 heavy (non-hydrogen) atoms. The Morgan fingerprint density at radius 1 is 1.35 bits per heavy atom. The minimum absolute atomic E-state index is 0.320. The Bertz CT molecular complexity index is 482. The average Bonchev–Trinajstić information content (AvgIpc) is 2.56. The van der Waals surface area contributed by atoms with Crippen molar-refractivity contribution in [2.75, 3.05) is 32.6 Å². The van der Waals surface area contributed by atoms with E-state index in [1.165, 1.54) is 32.1 Å². The van der Waals surface area contributed by atoms with E-state index in [9.17, 15) is 4.79 Å². The number of carbonyl (C=O) groups is 1. The van der Waals surface area contributed by atoms with Gasteiger partial charge in [-0.15, -0.1) is 0 Å². The van der Waals surface area contributed by atoms with Crippen LogP contribution in [0.25, 0.3) is 0 Å². The first-order valence-electron chi connectivity index (χ1n) is 8.65. The fourth-order valence-electron chi connectivity index (χ4n) is 3.33. The van der Waals surface area contributed by atoms with Gasteiger partial charge in [-0.2, -0.15) is 0 Å². The highest BCUT2D eigenvalue weighted by atomic mass is 16.5. The van der Waals surface area contributed by atoms with Crippen molar-refractivity contribution in [2.24, 2.45) is 5.92 Å². The third kappa shape index (κ3) is 5.20. The fraction of sp³-hybridized carbons (Fsp3) is 0.667. The van der Waals surface area contributed by atoms with E-state index in [1.807, 2.05) is 6.07 Å². The summed E-state index contributed by atoms with van der Waals surface area (Å²) in [5.74, 6) is 1.24. The molecule has 1 aromatic heterocycles. The van der Waals surface area contributed by atoms with Crippen molar-refractivity contribution in [2.45, 2.75) is 45.1 Å². The van der Waals surface area contributed by atoms with E-state index in [0.29, 0.717) is 18.2 Å². The molecule has 0 aliphatic heterocycles. The molecule has 0 spiro atoms. The largest absolute Gasteiger partial charge is 0.462 e. The quantitative estimate of drug-likeness (QED) is 0.782. The van der Waals surface area contributed by atoms with Gasteiger partial charge in [-0.25, -0.2) is 9.78 Å². The van der Waals surface area contributed by atoms with E-state index in [1.54, 1.807) is 19.2 Å². The van der Waals surface area contributed by atoms with Gasteiger partial charge in [-0.3, -0.25) is 0 Å². The summed E-state index contributed by atoms with van der Waals surface area (Å²) in [6, 6.07) is 4.13. The van der Waals surface area contributed by atoms with Crippen LogP contribution in [0.15, 0.2) is 18.3 Å². The predicted molar refractivity (Wildman–Crippen MR) is 92.7 cm³/mol. The predicted octanol–water partition coefficient (Wildman–Crippen LogP) is 3.18. The van der Waals surface area contributed by atoms with Gasteiger partial charge < -0.3 is 15.0 Å². The first-order chi connectivity index (χ1) is 11.1. The second kappa shape index (κ2) is 8.87. The Kier molecular flexibility index (Phi) is 6.84. The zero-order valence-electron chi connectivity index (χ0n) is 14.5. The van der Waals surface area contributed by atoms with Gasteiger partial charge in [0, 0.05) is 18.8 Å². The number of aromatic nitrogens is 1. The Labute approximate surface area is 139 Å². The summed E-state index contributed by atoms with van der Waals surface area (Å²) in [5.41, 5.74) is 0.494. The Hall–Kier alpha value is -1.62. The van der Waals surface area contributed by atoms with Gasteiger partial charge in [-0.1, -0.05) is 19.3 Å². The van der Waals surface area contributed by atoms with Crippen molar-refractivity contribution in [1.29, 1.82) is 0 Å². The maximum Gasteiger partial charge on any atom is 0.339 e. The van der Waals surface area contributed by atoms with Crippen LogP contribution in [0.3, 0.4) is 0 Å². The van der Waals surface area contributed by atoms with Crippen LogP contribution in [0.1, 0.15) is 49.4 Å². The molecule has 128 valence electrons. The van der Waals surface area contributed by atoms with Gasteiger partial charge in [0.25, 0.3) is 0 Å². The van der Waals surface area contributed by atoms with Gasteiger partial charge in [0.15, 0.2) is 0 Å². The molecular weight excluding hydrogens is 290 g/mol. The first kappa shape index (κ1) is 17.7. The Morgan fingerprint density at radius 2 is 2.09 bits per heavy atom. The van der Waals surface area contributed by atoms with Crippen LogP contribution >= 0.6 is 0 Å². The lowest BCUT2D eigenvalue weighted by atomic mass is 9.83. The SMILES string of the molecule is CCOC(=O)c1ccc(NCC(C2CCCCC2)N(C)C)nc1. The van der Waals surface area contributed by atoms with Crippen LogP contribution in [0.4, 0.5) is 5.82 Å². The number of hydrogen-bond acceptors (Lipinski definition) is 5. The van der Waals surface area contributed by atoms with Crippen molar-refractivity contribution in [3.05, 3.63) is 23.9 Å². The van der Waals surface area contributed by atoms with Gasteiger partial charge in [0.1, 0.15) is 5.82 Å². The molecule has 1 N–H and O–H groups in total. The molecule has 5 heteroatoms. The third-order valence-electron chi connectivity index (χ3n) is 4.62. The van der Waals surface area contributed by atoms with Crippen molar-refractivity contribution < 1.29 is 9.53 Å². The second-order valence-electron chi connectivity index (χ2n) is 6.46. The summed E-state index contributed by atoms with van der Waals surface area (Å²) < 4.78 is 4.97. The third-order valence-corrected chi connectivity index (χ3v) is 4.62. The van der Waals surface area contributed by atoms with E-state index >= 15 is 0 Å². The minimum Gasteiger partial charge on any atom is -0.462 e. The van der Waals surface area contributed by atoms with Gasteiger partial charge in [0.05, 0.1) is 12.2 Å². The number of carbonyl (C=O) groups excluding carboxylic acids is 1. The number of nitrogens with one attached hydrogen (secondary N) is 1. The topological polar surface area (TPSA) is 54.5 Å². The summed E-state index contributed by atoms with van der Waals surface area (Å²) in [4.78, 5) is 18.3. The van der Waals surface area contributed by atoms with Crippen molar-refractivity contribution >= 4 is 11.8 Å². The number of likely N-dealkylation sites (N-methyl/N-ethyl adjacent to an activating group) is 1. The van der Waals surface area contributed by atoms with Gasteiger partial charge in [-0.05, 0) is 51.9 Å². The minimum atomic E-state index is -0.320. The van der Waals surface area contributed by atoms with E-state index in [-0.39, 0.29) is 5.97 Å². The Balaban J connectivity index is 1.91. The maximum atomic E-state index is 11.6. The molecule has 1 fully saturated rings. The van der Waals surface area contributed by atoms with Gasteiger partial charge in [0.2, 0.25) is 0 Å². The zero-order chi connectivity index (χ0) is 16.7. The monoisotopic (exact) mass is 319 g/mol. The van der Waals surface area contributed by atoms with Crippen LogP contribution in [0.5, 0.6) is 0 Å². The van der Waals surface area contributed by atoms with E-state index in [2.05, 4.69) is 29.3 Å². The standard InChI is InChI=1S/C18H29N3O2/c1-4-23-18(22)15-10-11-17(19-12-15)20-13-16(21(2)3)14-8-6-5-7-9-14/h10-12,14,16H,4-9,13H2,1-3H3,(H,19,20). The molecular formula is C18H29N3O2. The lowest BCUT2D eigenvalue weighted by molar-refractivity contribution is 0.0526. The van der Waals surface area contributed by atoms with Crippen molar-refractivity contribution in [3.63, 3.8) is 0 Å². The number of esters is 1. The summed E-state index contributed by atoms with van der Waals surface area (Å²) in [7, 11) is 4.30. The second-order valence-corrected chi connectivity index (χ2v) is 6.46. The van der Waals surface area contributed by atoms with Crippen molar-refractivity contribution in [1.82, 2.24) is 9.88 Å². The van der Waals surface area contributed by atoms with E-state index < -0.39 is 0 Å². The molecule has 0 amide bonds. The summed E-state index contributed by atoms with van der Waals surface area (Å²) >= 11 is 0. The lowest BCUT2D eigenvalue weighted by Crippen LogP contribution is -2.41. The molecule has 5 nitrogen and oxygen atoms in total. The highest BCUT2D eigenvalue weighted by Gasteiger charge is 2.25. The summed E-state index contributed by atoms with van der Waals surface area (Å²) in [5, 5.41) is 3.42. The highest BCUT2D eigenvalue weighted by Crippen LogP contribution is 2.28. The molecule has 1 heterocycles. The molecule has 0 saturated heterocycles. The summed E-state index contributed by atoms with van der Waals surface area (Å²) in [6.45, 7) is 3.06. The molecule has 2 rings (SSSR count). The number of anilines is 1. The molecule has 0 aromatic carbocycles. The molecule has 1 saturated carbocycles. The molecule has 1 aromatic rings. The van der Waals surface area contributed by atoms with E-state index in [4.69, 9.17) is 4.74 Å². The summed E-state index contributed by atoms with van der Waals surface area (Å²) in [6.07, 6.45) is 8.29. The van der Waals surface area contributed by atoms with Crippen LogP contribution < -0.4 is 5.32 Å². The fourth-order valence-corrected chi connectivity index (χ4v) is 3.33. The molecule has 1 aliphatic carbocycles. The Morgan fingerprint density at radius 3 is 2.65 bits per heavy atom. The molecule has 0 radical (unpaired) electrons. The van der Waals surface area contributed by atoms with E-state index in [0.717, 1.165) is 18.3 Å². The molecule has 1 atom stereocenters. The van der Waals surface area contributed by atoms with Crippen LogP contribution in [-0.4, -0.2) is 49.1 Å². The molecule has 1 aliphatic rings. The normalized spacial score (nSPS) is 17.0. The molecule has 1 unspecified atom stereocenters. The number of pyridine rings is 1. The smallest absolute Gasteiger partial charge is 0.339 e. The highest BCUT2D eigenvalue weighted by molar-refractivity contribution is 5.89. The number of ether oxygens (including phenoxy) is 1. The van der Waals surface area contributed by atoms with Crippen molar-refractivity contribution in [3.8, 4) is 0 Å². The average molecular weight is 319 g/mol.